The Morgan fingerprint density at radius 1 is 1.36 bits per heavy atom. The number of pyridine rings is 1. The van der Waals surface area contributed by atoms with E-state index in [1.807, 2.05) is 6.07 Å². The fourth-order valence-electron chi connectivity index (χ4n) is 2.36. The number of ether oxygens (including phenoxy) is 2. The summed E-state index contributed by atoms with van der Waals surface area (Å²) in [5.74, 6) is -0.266. The van der Waals surface area contributed by atoms with Crippen molar-refractivity contribution >= 4 is 18.1 Å². The third kappa shape index (κ3) is 3.00. The van der Waals surface area contributed by atoms with Gasteiger partial charge in [-0.3, -0.25) is 9.78 Å². The smallest absolute Gasteiger partial charge is 0.417 e. The highest BCUT2D eigenvalue weighted by atomic mass is 16.6. The first-order valence-electron chi connectivity index (χ1n) is 6.92. The lowest BCUT2D eigenvalue weighted by atomic mass is 10.0. The molecule has 2 saturated heterocycles. The zero-order chi connectivity index (χ0) is 15.5. The van der Waals surface area contributed by atoms with Gasteiger partial charge in [-0.05, 0) is 12.1 Å². The highest BCUT2D eigenvalue weighted by Crippen LogP contribution is 2.20. The maximum atomic E-state index is 11.8. The summed E-state index contributed by atoms with van der Waals surface area (Å²) in [6, 6.07) is 5.38. The van der Waals surface area contributed by atoms with Gasteiger partial charge in [0.05, 0.1) is 5.69 Å². The summed E-state index contributed by atoms with van der Waals surface area (Å²) >= 11 is 0. The topological polar surface area (TPSA) is 89.0 Å². The maximum absolute atomic E-state index is 11.8. The summed E-state index contributed by atoms with van der Waals surface area (Å²) in [6.07, 6.45) is 0.605. The highest BCUT2D eigenvalue weighted by Gasteiger charge is 2.38. The quantitative estimate of drug-likeness (QED) is 0.810. The number of imide groups is 1. The van der Waals surface area contributed by atoms with Crippen molar-refractivity contribution in [1.29, 1.82) is 0 Å². The second-order valence-electron chi connectivity index (χ2n) is 5.21. The molecule has 2 aliphatic rings. The van der Waals surface area contributed by atoms with Gasteiger partial charge in [-0.25, -0.2) is 14.5 Å². The number of likely N-dealkylation sites (tertiary alicyclic amines) is 1. The van der Waals surface area contributed by atoms with E-state index < -0.39 is 12.2 Å². The van der Waals surface area contributed by atoms with Crippen molar-refractivity contribution in [3.63, 3.8) is 0 Å². The standard InChI is InChI=1S/C14H15N3O5/c18-12-9-22-14(20)17(12)7-10-5-16(6-10)13(19)21-8-11-3-1-2-4-15-11/h1-4,10H,5-9H2. The molecule has 0 aliphatic carbocycles. The second-order valence-corrected chi connectivity index (χ2v) is 5.21. The van der Waals surface area contributed by atoms with Crippen LogP contribution >= 0.6 is 0 Å². The Hall–Kier alpha value is -2.64. The van der Waals surface area contributed by atoms with Gasteiger partial charge in [0.1, 0.15) is 6.61 Å². The predicted molar refractivity (Wildman–Crippen MR) is 72.5 cm³/mol. The van der Waals surface area contributed by atoms with Crippen molar-refractivity contribution < 1.29 is 23.9 Å². The van der Waals surface area contributed by atoms with Crippen molar-refractivity contribution in [2.24, 2.45) is 5.92 Å². The van der Waals surface area contributed by atoms with Crippen LogP contribution in [0.5, 0.6) is 0 Å². The third-order valence-corrected chi connectivity index (χ3v) is 3.57. The van der Waals surface area contributed by atoms with Gasteiger partial charge < -0.3 is 14.4 Å². The Kier molecular flexibility index (Phi) is 3.90. The number of amides is 3. The molecule has 0 aromatic carbocycles. The summed E-state index contributed by atoms with van der Waals surface area (Å²) < 4.78 is 9.78. The van der Waals surface area contributed by atoms with Crippen molar-refractivity contribution in [1.82, 2.24) is 14.8 Å². The van der Waals surface area contributed by atoms with E-state index in [0.29, 0.717) is 18.8 Å². The Labute approximate surface area is 126 Å². The minimum Gasteiger partial charge on any atom is -0.443 e. The first-order valence-corrected chi connectivity index (χ1v) is 6.92. The van der Waals surface area contributed by atoms with Crippen LogP contribution < -0.4 is 0 Å². The van der Waals surface area contributed by atoms with Crippen molar-refractivity contribution in [3.8, 4) is 0 Å². The van der Waals surface area contributed by atoms with Crippen LogP contribution in [0.4, 0.5) is 9.59 Å². The first-order chi connectivity index (χ1) is 10.6. The molecule has 0 atom stereocenters. The molecule has 1 aromatic rings. The van der Waals surface area contributed by atoms with Gasteiger partial charge >= 0.3 is 12.2 Å². The number of carbonyl (C=O) groups is 3. The number of cyclic esters (lactones) is 1. The van der Waals surface area contributed by atoms with E-state index in [1.165, 1.54) is 4.90 Å². The number of rotatable bonds is 4. The molecule has 8 heteroatoms. The van der Waals surface area contributed by atoms with E-state index in [1.54, 1.807) is 18.3 Å². The van der Waals surface area contributed by atoms with Crippen LogP contribution in [-0.4, -0.2) is 59.1 Å². The van der Waals surface area contributed by atoms with Gasteiger partial charge in [0, 0.05) is 31.7 Å². The molecular weight excluding hydrogens is 290 g/mol. The SMILES string of the molecule is O=C(OCc1ccccn1)N1CC(CN2C(=O)COC2=O)C1. The minimum atomic E-state index is -0.610. The molecular formula is C14H15N3O5. The van der Waals surface area contributed by atoms with Crippen LogP contribution in [0.1, 0.15) is 5.69 Å². The molecule has 116 valence electrons. The fraction of sp³-hybridized carbons (Fsp3) is 0.429. The van der Waals surface area contributed by atoms with Gasteiger partial charge in [-0.1, -0.05) is 6.07 Å². The Balaban J connectivity index is 1.40. The van der Waals surface area contributed by atoms with Crippen LogP contribution in [0.3, 0.4) is 0 Å². The maximum Gasteiger partial charge on any atom is 0.417 e. The Morgan fingerprint density at radius 3 is 2.82 bits per heavy atom. The van der Waals surface area contributed by atoms with Crippen LogP contribution in [0.2, 0.25) is 0 Å². The number of nitrogens with zero attached hydrogens (tertiary/aromatic N) is 3. The normalized spacial score (nSPS) is 18.2. The summed E-state index contributed by atoms with van der Waals surface area (Å²) in [5.41, 5.74) is 0.679. The zero-order valence-corrected chi connectivity index (χ0v) is 11.8. The van der Waals surface area contributed by atoms with Crippen LogP contribution in [-0.2, 0) is 20.9 Å². The summed E-state index contributed by atoms with van der Waals surface area (Å²) in [7, 11) is 0. The molecule has 0 unspecified atom stereocenters. The van der Waals surface area contributed by atoms with Gasteiger partial charge in [-0.2, -0.15) is 0 Å². The first kappa shape index (κ1) is 14.3. The van der Waals surface area contributed by atoms with Gasteiger partial charge in [0.2, 0.25) is 0 Å². The van der Waals surface area contributed by atoms with Crippen molar-refractivity contribution in [2.45, 2.75) is 6.61 Å². The zero-order valence-electron chi connectivity index (χ0n) is 11.8. The predicted octanol–water partition coefficient (Wildman–Crippen LogP) is 0.629. The molecule has 3 amide bonds. The molecule has 0 radical (unpaired) electrons. The second kappa shape index (κ2) is 6.00. The molecule has 2 aliphatic heterocycles. The fourth-order valence-corrected chi connectivity index (χ4v) is 2.36. The molecule has 1 aromatic heterocycles. The van der Waals surface area contributed by atoms with Gasteiger partial charge in [-0.15, -0.1) is 0 Å². The average molecular weight is 305 g/mol. The monoisotopic (exact) mass is 305 g/mol. The largest absolute Gasteiger partial charge is 0.443 e. The third-order valence-electron chi connectivity index (χ3n) is 3.57. The molecule has 0 saturated carbocycles. The van der Waals surface area contributed by atoms with E-state index in [9.17, 15) is 14.4 Å². The number of hydrogen-bond acceptors (Lipinski definition) is 6. The van der Waals surface area contributed by atoms with E-state index >= 15 is 0 Å². The molecule has 8 nitrogen and oxygen atoms in total. The lowest BCUT2D eigenvalue weighted by molar-refractivity contribution is -0.126. The van der Waals surface area contributed by atoms with Gasteiger partial charge in [0.25, 0.3) is 5.91 Å². The van der Waals surface area contributed by atoms with Crippen LogP contribution in [0.15, 0.2) is 24.4 Å². The molecule has 3 heterocycles. The number of carbonyl (C=O) groups excluding carboxylic acids is 3. The van der Waals surface area contributed by atoms with Gasteiger partial charge in [0.15, 0.2) is 6.61 Å². The average Bonchev–Trinajstić information content (AvgIpc) is 2.80. The molecule has 0 spiro atoms. The summed E-state index contributed by atoms with van der Waals surface area (Å²) in [4.78, 5) is 41.2. The summed E-state index contributed by atoms with van der Waals surface area (Å²) in [6.45, 7) is 1.12. The van der Waals surface area contributed by atoms with E-state index in [4.69, 9.17) is 4.74 Å². The number of hydrogen-bond donors (Lipinski definition) is 0. The lowest BCUT2D eigenvalue weighted by Gasteiger charge is -2.39. The lowest BCUT2D eigenvalue weighted by Crippen LogP contribution is -2.54. The minimum absolute atomic E-state index is 0.0667. The summed E-state index contributed by atoms with van der Waals surface area (Å²) in [5, 5.41) is 0. The van der Waals surface area contributed by atoms with Crippen molar-refractivity contribution in [3.05, 3.63) is 30.1 Å². The van der Waals surface area contributed by atoms with Crippen LogP contribution in [0.25, 0.3) is 0 Å². The molecule has 0 N–H and O–H groups in total. The molecule has 0 bridgehead atoms. The van der Waals surface area contributed by atoms with E-state index in [-0.39, 0.29) is 31.6 Å². The highest BCUT2D eigenvalue weighted by molar-refractivity contribution is 5.97. The van der Waals surface area contributed by atoms with Crippen molar-refractivity contribution in [2.75, 3.05) is 26.2 Å². The van der Waals surface area contributed by atoms with E-state index in [2.05, 4.69) is 9.72 Å². The molecule has 2 fully saturated rings. The van der Waals surface area contributed by atoms with E-state index in [0.717, 1.165) is 4.90 Å². The Bertz CT molecular complexity index is 569. The Morgan fingerprint density at radius 2 is 2.18 bits per heavy atom. The van der Waals surface area contributed by atoms with Crippen LogP contribution in [0, 0.1) is 5.92 Å². The molecule has 22 heavy (non-hydrogen) atoms. The molecule has 3 rings (SSSR count). The number of aromatic nitrogens is 1.